The summed E-state index contributed by atoms with van der Waals surface area (Å²) in [6.45, 7) is 0. The molecule has 20 heavy (non-hydrogen) atoms. The molecule has 0 saturated carbocycles. The predicted octanol–water partition coefficient (Wildman–Crippen LogP) is 3.82. The van der Waals surface area contributed by atoms with Gasteiger partial charge < -0.3 is 20.5 Å². The maximum absolute atomic E-state index is 13.5. The molecule has 0 aliphatic rings. The molecule has 6 heteroatoms. The molecule has 2 rings (SSSR count). The second kappa shape index (κ2) is 5.88. The second-order valence-corrected chi connectivity index (χ2v) is 4.46. The lowest BCUT2D eigenvalue weighted by Gasteiger charge is -2.13. The van der Waals surface area contributed by atoms with Gasteiger partial charge in [0.2, 0.25) is 0 Å². The lowest BCUT2D eigenvalue weighted by molar-refractivity contribution is 0.387. The zero-order chi connectivity index (χ0) is 14.7. The molecular weight excluding hydrogens is 283 g/mol. The Kier molecular flexibility index (Phi) is 4.20. The Morgan fingerprint density at radius 3 is 2.40 bits per heavy atom. The van der Waals surface area contributed by atoms with E-state index in [9.17, 15) is 4.39 Å². The van der Waals surface area contributed by atoms with Crippen LogP contribution in [0.25, 0.3) is 0 Å². The van der Waals surface area contributed by atoms with E-state index < -0.39 is 5.82 Å². The van der Waals surface area contributed by atoms with Gasteiger partial charge in [-0.05, 0) is 18.2 Å². The van der Waals surface area contributed by atoms with Crippen molar-refractivity contribution >= 4 is 28.7 Å². The molecular formula is C14H14ClFN2O2. The van der Waals surface area contributed by atoms with Gasteiger partial charge in [-0.15, -0.1) is 0 Å². The molecule has 0 aliphatic heterocycles. The first-order chi connectivity index (χ1) is 9.55. The maximum atomic E-state index is 13.5. The third-order valence-electron chi connectivity index (χ3n) is 2.75. The molecule has 2 aromatic rings. The van der Waals surface area contributed by atoms with E-state index in [0.717, 1.165) is 0 Å². The molecule has 0 bridgehead atoms. The van der Waals surface area contributed by atoms with E-state index in [0.29, 0.717) is 22.1 Å². The van der Waals surface area contributed by atoms with E-state index in [1.54, 1.807) is 18.2 Å². The molecule has 0 atom stereocenters. The van der Waals surface area contributed by atoms with Gasteiger partial charge in [-0.2, -0.15) is 0 Å². The Bertz CT molecular complexity index is 635. The van der Waals surface area contributed by atoms with Crippen LogP contribution in [-0.2, 0) is 0 Å². The number of halogens is 2. The van der Waals surface area contributed by atoms with Crippen LogP contribution in [0.2, 0.25) is 5.02 Å². The average molecular weight is 297 g/mol. The van der Waals surface area contributed by atoms with Crippen LogP contribution in [0.1, 0.15) is 0 Å². The van der Waals surface area contributed by atoms with Gasteiger partial charge in [-0.1, -0.05) is 11.6 Å². The highest BCUT2D eigenvalue weighted by Crippen LogP contribution is 2.33. The summed E-state index contributed by atoms with van der Waals surface area (Å²) in [5.41, 5.74) is 7.28. The zero-order valence-electron chi connectivity index (χ0n) is 11.0. The van der Waals surface area contributed by atoms with Crippen LogP contribution in [0, 0.1) is 5.82 Å². The van der Waals surface area contributed by atoms with Crippen molar-refractivity contribution in [3.63, 3.8) is 0 Å². The topological polar surface area (TPSA) is 56.5 Å². The summed E-state index contributed by atoms with van der Waals surface area (Å²) < 4.78 is 23.5. The minimum absolute atomic E-state index is 0.112. The molecule has 0 amide bonds. The Morgan fingerprint density at radius 2 is 1.80 bits per heavy atom. The fourth-order valence-electron chi connectivity index (χ4n) is 1.73. The van der Waals surface area contributed by atoms with Crippen LogP contribution in [0.4, 0.5) is 21.5 Å². The number of hydrogen-bond donors (Lipinski definition) is 2. The van der Waals surface area contributed by atoms with Crippen molar-refractivity contribution in [1.82, 2.24) is 0 Å². The predicted molar refractivity (Wildman–Crippen MR) is 78.7 cm³/mol. The van der Waals surface area contributed by atoms with Gasteiger partial charge in [0.05, 0.1) is 30.6 Å². The van der Waals surface area contributed by atoms with Crippen molar-refractivity contribution in [3.8, 4) is 11.5 Å². The van der Waals surface area contributed by atoms with Gasteiger partial charge in [-0.3, -0.25) is 0 Å². The molecule has 3 N–H and O–H groups in total. The molecule has 0 radical (unpaired) electrons. The van der Waals surface area contributed by atoms with Crippen molar-refractivity contribution in [2.45, 2.75) is 0 Å². The fourth-order valence-corrected chi connectivity index (χ4v) is 1.99. The Labute approximate surface area is 121 Å². The molecule has 0 heterocycles. The monoisotopic (exact) mass is 296 g/mol. The smallest absolute Gasteiger partial charge is 0.167 e. The number of nitrogens with one attached hydrogen (secondary N) is 1. The van der Waals surface area contributed by atoms with Gasteiger partial charge in [0, 0.05) is 17.8 Å². The number of anilines is 3. The number of methoxy groups -OCH3 is 2. The maximum Gasteiger partial charge on any atom is 0.167 e. The van der Waals surface area contributed by atoms with Crippen molar-refractivity contribution in [3.05, 3.63) is 41.2 Å². The van der Waals surface area contributed by atoms with Crippen LogP contribution in [0.3, 0.4) is 0 Å². The number of rotatable bonds is 4. The lowest BCUT2D eigenvalue weighted by atomic mass is 10.2. The molecule has 0 saturated heterocycles. The highest BCUT2D eigenvalue weighted by atomic mass is 35.5. The highest BCUT2D eigenvalue weighted by molar-refractivity contribution is 6.32. The number of ether oxygens (including phenoxy) is 2. The van der Waals surface area contributed by atoms with E-state index in [4.69, 9.17) is 26.8 Å². The summed E-state index contributed by atoms with van der Waals surface area (Å²) in [6, 6.07) is 7.88. The molecule has 0 aliphatic carbocycles. The van der Waals surface area contributed by atoms with Crippen LogP contribution >= 0.6 is 11.6 Å². The normalized spacial score (nSPS) is 10.2. The minimum Gasteiger partial charge on any atom is -0.495 e. The average Bonchev–Trinajstić information content (AvgIpc) is 2.42. The van der Waals surface area contributed by atoms with Crippen LogP contribution < -0.4 is 20.5 Å². The van der Waals surface area contributed by atoms with Crippen LogP contribution in [0.15, 0.2) is 30.3 Å². The summed E-state index contributed by atoms with van der Waals surface area (Å²) in [5.74, 6) is 0.173. The highest BCUT2D eigenvalue weighted by Gasteiger charge is 2.09. The Balaban J connectivity index is 2.32. The lowest BCUT2D eigenvalue weighted by Crippen LogP contribution is -1.99. The summed E-state index contributed by atoms with van der Waals surface area (Å²) in [5, 5.41) is 3.52. The molecule has 0 fully saturated rings. The van der Waals surface area contributed by atoms with E-state index in [2.05, 4.69) is 5.32 Å². The first-order valence-electron chi connectivity index (χ1n) is 5.78. The fraction of sp³-hybridized carbons (Fsp3) is 0.143. The molecule has 0 spiro atoms. The van der Waals surface area contributed by atoms with Gasteiger partial charge in [0.15, 0.2) is 11.6 Å². The number of nitrogens with two attached hydrogens (primary N) is 1. The minimum atomic E-state index is -0.511. The third-order valence-corrected chi connectivity index (χ3v) is 3.05. The summed E-state index contributed by atoms with van der Waals surface area (Å²) in [7, 11) is 2.93. The first-order valence-corrected chi connectivity index (χ1v) is 6.16. The third kappa shape index (κ3) is 2.88. The summed E-state index contributed by atoms with van der Waals surface area (Å²) in [4.78, 5) is 0. The second-order valence-electron chi connectivity index (χ2n) is 4.05. The standard InChI is InChI=1S/C14H14ClFN2O2/c1-19-13-4-3-8(5-9(13)15)18-12-7-14(20-2)10(16)6-11(12)17/h3-7,18H,17H2,1-2H3. The number of nitrogen functional groups attached to an aromatic ring is 1. The molecule has 4 nitrogen and oxygen atoms in total. The van der Waals surface area contributed by atoms with Gasteiger partial charge in [-0.25, -0.2) is 4.39 Å². The molecule has 0 unspecified atom stereocenters. The first kappa shape index (κ1) is 14.3. The number of hydrogen-bond acceptors (Lipinski definition) is 4. The SMILES string of the molecule is COc1cc(Nc2ccc(OC)c(Cl)c2)c(N)cc1F. The zero-order valence-corrected chi connectivity index (χ0v) is 11.8. The van der Waals surface area contributed by atoms with E-state index in [1.807, 2.05) is 0 Å². The van der Waals surface area contributed by atoms with E-state index in [-0.39, 0.29) is 11.4 Å². The van der Waals surface area contributed by atoms with Crippen LogP contribution in [-0.4, -0.2) is 14.2 Å². The van der Waals surface area contributed by atoms with Gasteiger partial charge >= 0.3 is 0 Å². The van der Waals surface area contributed by atoms with Crippen molar-refractivity contribution < 1.29 is 13.9 Å². The quantitative estimate of drug-likeness (QED) is 0.842. The van der Waals surface area contributed by atoms with Crippen molar-refractivity contribution in [2.24, 2.45) is 0 Å². The number of benzene rings is 2. The van der Waals surface area contributed by atoms with E-state index >= 15 is 0 Å². The van der Waals surface area contributed by atoms with Crippen molar-refractivity contribution in [2.75, 3.05) is 25.3 Å². The molecule has 106 valence electrons. The van der Waals surface area contributed by atoms with E-state index in [1.165, 1.54) is 26.4 Å². The van der Waals surface area contributed by atoms with Gasteiger partial charge in [0.1, 0.15) is 5.75 Å². The van der Waals surface area contributed by atoms with Gasteiger partial charge in [0.25, 0.3) is 0 Å². The van der Waals surface area contributed by atoms with Crippen LogP contribution in [0.5, 0.6) is 11.5 Å². The Hall–Kier alpha value is -2.14. The molecule has 2 aromatic carbocycles. The molecule has 0 aromatic heterocycles. The summed E-state index contributed by atoms with van der Waals surface area (Å²) >= 11 is 6.04. The summed E-state index contributed by atoms with van der Waals surface area (Å²) in [6.07, 6.45) is 0. The largest absolute Gasteiger partial charge is 0.495 e. The Morgan fingerprint density at radius 1 is 1.10 bits per heavy atom. The van der Waals surface area contributed by atoms with Crippen molar-refractivity contribution in [1.29, 1.82) is 0 Å².